The van der Waals surface area contributed by atoms with Gasteiger partial charge >= 0.3 is 6.18 Å². The van der Waals surface area contributed by atoms with E-state index in [0.717, 1.165) is 18.3 Å². The summed E-state index contributed by atoms with van der Waals surface area (Å²) in [5.41, 5.74) is -0.122. The van der Waals surface area contributed by atoms with Crippen molar-refractivity contribution in [3.8, 4) is 11.5 Å². The average Bonchev–Trinajstić information content (AvgIpc) is 2.63. The molecule has 0 saturated carbocycles. The van der Waals surface area contributed by atoms with E-state index in [9.17, 15) is 13.2 Å². The topological polar surface area (TPSA) is 52.9 Å². The van der Waals surface area contributed by atoms with E-state index < -0.39 is 11.7 Å². The summed E-state index contributed by atoms with van der Waals surface area (Å²) in [4.78, 5) is 9.15. The van der Waals surface area contributed by atoms with Gasteiger partial charge in [0.05, 0.1) is 42.9 Å². The SMILES string of the molecule is C=Cc1cc(C(F)(F)F)cc(/C=N/OCc2c(OC)cccc2OC)n1. The number of hydrogen-bond acceptors (Lipinski definition) is 5. The lowest BCUT2D eigenvalue weighted by atomic mass is 10.2. The minimum atomic E-state index is -4.49. The van der Waals surface area contributed by atoms with Crippen LogP contribution in [0.3, 0.4) is 0 Å². The molecular weight excluding hydrogens is 349 g/mol. The third-order valence-electron chi connectivity index (χ3n) is 3.40. The van der Waals surface area contributed by atoms with Gasteiger partial charge in [0.1, 0.15) is 18.1 Å². The van der Waals surface area contributed by atoms with Gasteiger partial charge in [-0.05, 0) is 30.3 Å². The molecule has 0 aliphatic rings. The molecule has 1 heterocycles. The van der Waals surface area contributed by atoms with Crippen LogP contribution in [0.2, 0.25) is 0 Å². The van der Waals surface area contributed by atoms with Gasteiger partial charge < -0.3 is 14.3 Å². The number of hydrogen-bond donors (Lipinski definition) is 0. The van der Waals surface area contributed by atoms with Crippen LogP contribution in [-0.2, 0) is 17.6 Å². The lowest BCUT2D eigenvalue weighted by Crippen LogP contribution is -2.07. The maximum atomic E-state index is 12.9. The second-order valence-electron chi connectivity index (χ2n) is 5.06. The standard InChI is InChI=1S/C18H17F3N2O3/c1-4-13-8-12(18(19,20)21)9-14(23-13)10-22-26-11-15-16(24-2)6-5-7-17(15)25-3/h4-10H,1,11H2,2-3H3/b22-10+. The molecule has 138 valence electrons. The Morgan fingerprint density at radius 2 is 1.73 bits per heavy atom. The summed E-state index contributed by atoms with van der Waals surface area (Å²) in [6.45, 7) is 3.45. The summed E-state index contributed by atoms with van der Waals surface area (Å²) in [5, 5.41) is 3.69. The van der Waals surface area contributed by atoms with Crippen LogP contribution in [0.25, 0.3) is 6.08 Å². The summed E-state index contributed by atoms with van der Waals surface area (Å²) in [6, 6.07) is 7.01. The Labute approximate surface area is 148 Å². The number of aromatic nitrogens is 1. The molecule has 2 rings (SSSR count). The first-order valence-electron chi connectivity index (χ1n) is 7.46. The minimum absolute atomic E-state index is 0.00159. The highest BCUT2D eigenvalue weighted by Crippen LogP contribution is 2.30. The molecule has 0 spiro atoms. The highest BCUT2D eigenvalue weighted by molar-refractivity contribution is 5.77. The summed E-state index contributed by atoms with van der Waals surface area (Å²) >= 11 is 0. The number of ether oxygens (including phenoxy) is 2. The molecule has 0 aliphatic heterocycles. The normalized spacial score (nSPS) is 11.4. The second-order valence-corrected chi connectivity index (χ2v) is 5.06. The summed E-state index contributed by atoms with van der Waals surface area (Å²) in [6.07, 6.45) is -2.16. The van der Waals surface area contributed by atoms with Crippen molar-refractivity contribution in [3.05, 3.63) is 59.4 Å². The Morgan fingerprint density at radius 3 is 2.27 bits per heavy atom. The highest BCUT2D eigenvalue weighted by atomic mass is 19.4. The maximum Gasteiger partial charge on any atom is 0.416 e. The van der Waals surface area contributed by atoms with Gasteiger partial charge in [-0.1, -0.05) is 17.8 Å². The quantitative estimate of drug-likeness (QED) is 0.541. The molecule has 0 aliphatic carbocycles. The fourth-order valence-corrected chi connectivity index (χ4v) is 2.17. The molecule has 0 fully saturated rings. The van der Waals surface area contributed by atoms with Crippen LogP contribution in [0.1, 0.15) is 22.5 Å². The Kier molecular flexibility index (Phi) is 6.21. The molecule has 0 amide bonds. The van der Waals surface area contributed by atoms with Crippen LogP contribution in [-0.4, -0.2) is 25.4 Å². The molecule has 5 nitrogen and oxygen atoms in total. The van der Waals surface area contributed by atoms with E-state index in [1.54, 1.807) is 18.2 Å². The van der Waals surface area contributed by atoms with Crippen LogP contribution in [0.4, 0.5) is 13.2 Å². The van der Waals surface area contributed by atoms with Crippen molar-refractivity contribution in [3.63, 3.8) is 0 Å². The number of rotatable bonds is 7. The molecule has 1 aromatic carbocycles. The van der Waals surface area contributed by atoms with E-state index in [4.69, 9.17) is 14.3 Å². The van der Waals surface area contributed by atoms with Crippen LogP contribution in [0.15, 0.2) is 42.1 Å². The number of benzene rings is 1. The Bertz CT molecular complexity index is 783. The third kappa shape index (κ3) is 4.75. The number of oxime groups is 1. The van der Waals surface area contributed by atoms with Crippen molar-refractivity contribution in [1.29, 1.82) is 0 Å². The predicted molar refractivity (Wildman–Crippen MR) is 91.3 cm³/mol. The summed E-state index contributed by atoms with van der Waals surface area (Å²) < 4.78 is 49.1. The fraction of sp³-hybridized carbons (Fsp3) is 0.222. The number of methoxy groups -OCH3 is 2. The average molecular weight is 366 g/mol. The highest BCUT2D eigenvalue weighted by Gasteiger charge is 2.31. The van der Waals surface area contributed by atoms with Gasteiger partial charge in [-0.3, -0.25) is 0 Å². The lowest BCUT2D eigenvalue weighted by molar-refractivity contribution is -0.137. The molecule has 0 radical (unpaired) electrons. The lowest BCUT2D eigenvalue weighted by Gasteiger charge is -2.11. The first kappa shape index (κ1) is 19.3. The number of alkyl halides is 3. The first-order chi connectivity index (χ1) is 12.4. The largest absolute Gasteiger partial charge is 0.496 e. The zero-order chi connectivity index (χ0) is 19.2. The maximum absolute atomic E-state index is 12.9. The Hall–Kier alpha value is -3.03. The zero-order valence-corrected chi connectivity index (χ0v) is 14.2. The smallest absolute Gasteiger partial charge is 0.416 e. The number of halogens is 3. The van der Waals surface area contributed by atoms with Crippen LogP contribution in [0, 0.1) is 0 Å². The summed E-state index contributed by atoms with van der Waals surface area (Å²) in [5.74, 6) is 1.09. The molecule has 26 heavy (non-hydrogen) atoms. The molecule has 0 saturated heterocycles. The van der Waals surface area contributed by atoms with Crippen LogP contribution >= 0.6 is 0 Å². The van der Waals surface area contributed by atoms with Gasteiger partial charge in [-0.25, -0.2) is 4.98 Å². The Balaban J connectivity index is 2.16. The van der Waals surface area contributed by atoms with Crippen molar-refractivity contribution in [2.75, 3.05) is 14.2 Å². The monoisotopic (exact) mass is 366 g/mol. The van der Waals surface area contributed by atoms with Crippen LogP contribution in [0.5, 0.6) is 11.5 Å². The molecule has 8 heteroatoms. The predicted octanol–water partition coefficient (Wildman–Crippen LogP) is 4.31. The van der Waals surface area contributed by atoms with E-state index >= 15 is 0 Å². The van der Waals surface area contributed by atoms with Gasteiger partial charge in [-0.15, -0.1) is 0 Å². The van der Waals surface area contributed by atoms with E-state index in [1.807, 2.05) is 0 Å². The molecule has 0 N–H and O–H groups in total. The van der Waals surface area contributed by atoms with Gasteiger partial charge in [-0.2, -0.15) is 13.2 Å². The van der Waals surface area contributed by atoms with E-state index in [2.05, 4.69) is 16.7 Å². The van der Waals surface area contributed by atoms with Crippen molar-refractivity contribution < 1.29 is 27.5 Å². The van der Waals surface area contributed by atoms with Gasteiger partial charge in [0.15, 0.2) is 0 Å². The van der Waals surface area contributed by atoms with E-state index in [-0.39, 0.29) is 18.0 Å². The zero-order valence-electron chi connectivity index (χ0n) is 14.2. The summed E-state index contributed by atoms with van der Waals surface area (Å²) in [7, 11) is 3.01. The molecule has 0 unspecified atom stereocenters. The van der Waals surface area contributed by atoms with Crippen molar-refractivity contribution in [1.82, 2.24) is 4.98 Å². The van der Waals surface area contributed by atoms with Crippen molar-refractivity contribution >= 4 is 12.3 Å². The van der Waals surface area contributed by atoms with Gasteiger partial charge in [0.25, 0.3) is 0 Å². The van der Waals surface area contributed by atoms with Crippen LogP contribution < -0.4 is 9.47 Å². The molecular formula is C18H17F3N2O3. The van der Waals surface area contributed by atoms with Crippen molar-refractivity contribution in [2.24, 2.45) is 5.16 Å². The van der Waals surface area contributed by atoms with E-state index in [1.165, 1.54) is 20.3 Å². The number of pyridine rings is 1. The molecule has 1 aromatic heterocycles. The third-order valence-corrected chi connectivity index (χ3v) is 3.40. The first-order valence-corrected chi connectivity index (χ1v) is 7.46. The fourth-order valence-electron chi connectivity index (χ4n) is 2.17. The second kappa shape index (κ2) is 8.37. The van der Waals surface area contributed by atoms with E-state index in [0.29, 0.717) is 17.1 Å². The van der Waals surface area contributed by atoms with Gasteiger partial charge in [0, 0.05) is 0 Å². The molecule has 0 bridgehead atoms. The number of nitrogens with zero attached hydrogens (tertiary/aromatic N) is 2. The molecule has 2 aromatic rings. The minimum Gasteiger partial charge on any atom is -0.496 e. The van der Waals surface area contributed by atoms with Crippen molar-refractivity contribution in [2.45, 2.75) is 12.8 Å². The molecule has 0 atom stereocenters. The Morgan fingerprint density at radius 1 is 1.12 bits per heavy atom. The van der Waals surface area contributed by atoms with Gasteiger partial charge in [0.2, 0.25) is 0 Å².